The second-order valence-electron chi connectivity index (χ2n) is 12.0. The van der Waals surface area contributed by atoms with Gasteiger partial charge in [0.2, 0.25) is 17.7 Å². The highest BCUT2D eigenvalue weighted by atomic mass is 16.5. The monoisotopic (exact) mass is 587 g/mol. The molecule has 0 aromatic rings. The lowest BCUT2D eigenvalue weighted by atomic mass is 10.0. The molecule has 3 amide bonds. The van der Waals surface area contributed by atoms with Gasteiger partial charge in [0.05, 0.1) is 29.9 Å². The molecule has 0 saturated heterocycles. The van der Waals surface area contributed by atoms with Crippen molar-refractivity contribution in [1.29, 1.82) is 0 Å². The Hall–Kier alpha value is -1.83. The Morgan fingerprint density at radius 3 is 1.78 bits per heavy atom. The average molecular weight is 588 g/mol. The second kappa shape index (κ2) is 21.8. The fourth-order valence-electron chi connectivity index (χ4n) is 4.00. The van der Waals surface area contributed by atoms with E-state index < -0.39 is 23.7 Å². The molecule has 0 rings (SSSR count). The molecule has 0 aromatic heterocycles. The molecule has 0 aliphatic heterocycles. The minimum absolute atomic E-state index is 0.191. The number of nitrogens with one attached hydrogen (secondary N) is 3. The van der Waals surface area contributed by atoms with Crippen LogP contribution in [0.25, 0.3) is 0 Å². The van der Waals surface area contributed by atoms with Crippen molar-refractivity contribution < 1.29 is 23.9 Å². The molecule has 12 nitrogen and oxygen atoms in total. The Bertz CT molecular complexity index is 736. The molecule has 11 N–H and O–H groups in total. The van der Waals surface area contributed by atoms with Crippen LogP contribution in [-0.2, 0) is 23.9 Å². The lowest BCUT2D eigenvalue weighted by molar-refractivity contribution is -0.130. The molecular weight excluding hydrogens is 526 g/mol. The topological polar surface area (TPSA) is 210 Å². The molecule has 0 saturated carbocycles. The molecule has 0 aliphatic carbocycles. The van der Waals surface area contributed by atoms with E-state index in [2.05, 4.69) is 16.0 Å². The van der Waals surface area contributed by atoms with Crippen LogP contribution in [0, 0.1) is 0 Å². The van der Waals surface area contributed by atoms with E-state index in [9.17, 15) is 14.4 Å². The summed E-state index contributed by atoms with van der Waals surface area (Å²) in [6, 6.07) is -2.00. The van der Waals surface area contributed by atoms with Crippen LogP contribution >= 0.6 is 0 Å². The van der Waals surface area contributed by atoms with E-state index in [1.165, 1.54) is 0 Å². The van der Waals surface area contributed by atoms with Gasteiger partial charge in [-0.05, 0) is 98.6 Å². The van der Waals surface area contributed by atoms with Crippen molar-refractivity contribution in [2.45, 2.75) is 128 Å². The van der Waals surface area contributed by atoms with E-state index >= 15 is 0 Å². The Morgan fingerprint density at radius 1 is 0.683 bits per heavy atom. The zero-order chi connectivity index (χ0) is 31.3. The first-order chi connectivity index (χ1) is 19.3. The summed E-state index contributed by atoms with van der Waals surface area (Å²) in [5.41, 5.74) is 22.3. The maximum Gasteiger partial charge on any atom is 0.242 e. The molecule has 0 fully saturated rings. The predicted octanol–water partition coefficient (Wildman–Crippen LogP) is 0.787. The summed E-state index contributed by atoms with van der Waals surface area (Å²) in [4.78, 5) is 38.0. The Kier molecular flexibility index (Phi) is 20.8. The number of methoxy groups -OCH3 is 1. The number of carbonyl (C=O) groups is 3. The van der Waals surface area contributed by atoms with Crippen molar-refractivity contribution in [3.05, 3.63) is 0 Å². The summed E-state index contributed by atoms with van der Waals surface area (Å²) in [5.74, 6) is -0.818. The first-order valence-electron chi connectivity index (χ1n) is 15.2. The van der Waals surface area contributed by atoms with E-state index in [4.69, 9.17) is 32.4 Å². The Morgan fingerprint density at radius 2 is 1.22 bits per heavy atom. The van der Waals surface area contributed by atoms with E-state index in [-0.39, 0.29) is 23.3 Å². The predicted molar refractivity (Wildman–Crippen MR) is 164 cm³/mol. The van der Waals surface area contributed by atoms with Crippen LogP contribution < -0.4 is 38.9 Å². The standard InChI is InChI=1S/C29H61N7O5/c1-28(2,40-5)16-21-41-29(3,4)15-20-35-27(39)24(36-26(38)23(33)13-7-10-18-31)14-8-11-19-34-25(37)22(32)12-6-9-17-30/h22-24H,6-21,30-33H2,1-5H3,(H,34,37)(H,35,39)(H,36,38). The van der Waals surface area contributed by atoms with Crippen molar-refractivity contribution in [1.82, 2.24) is 16.0 Å². The molecule has 0 spiro atoms. The molecule has 0 bridgehead atoms. The van der Waals surface area contributed by atoms with Gasteiger partial charge in [0.25, 0.3) is 0 Å². The maximum atomic E-state index is 13.1. The molecule has 0 aliphatic rings. The van der Waals surface area contributed by atoms with Gasteiger partial charge >= 0.3 is 0 Å². The third-order valence-corrected chi connectivity index (χ3v) is 7.24. The lowest BCUT2D eigenvalue weighted by Crippen LogP contribution is -2.52. The molecule has 41 heavy (non-hydrogen) atoms. The van der Waals surface area contributed by atoms with Gasteiger partial charge in [-0.1, -0.05) is 12.8 Å². The molecule has 242 valence electrons. The smallest absolute Gasteiger partial charge is 0.242 e. The Labute approximate surface area is 248 Å². The molecule has 0 heterocycles. The molecule has 12 heteroatoms. The largest absolute Gasteiger partial charge is 0.379 e. The molecular formula is C29H61N7O5. The molecule has 3 atom stereocenters. The number of unbranched alkanes of at least 4 members (excludes halogenated alkanes) is 3. The number of ether oxygens (including phenoxy) is 2. The van der Waals surface area contributed by atoms with E-state index in [1.807, 2.05) is 27.7 Å². The van der Waals surface area contributed by atoms with Gasteiger partial charge in [-0.2, -0.15) is 0 Å². The van der Waals surface area contributed by atoms with Gasteiger partial charge in [0, 0.05) is 20.2 Å². The molecule has 0 aromatic carbocycles. The summed E-state index contributed by atoms with van der Waals surface area (Å²) in [7, 11) is 1.68. The lowest BCUT2D eigenvalue weighted by Gasteiger charge is -2.29. The third-order valence-electron chi connectivity index (χ3n) is 7.24. The minimum atomic E-state index is -0.733. The summed E-state index contributed by atoms with van der Waals surface area (Å²) < 4.78 is 11.5. The van der Waals surface area contributed by atoms with Crippen LogP contribution in [0.15, 0.2) is 0 Å². The number of hydrogen-bond donors (Lipinski definition) is 7. The summed E-state index contributed by atoms with van der Waals surface area (Å²) >= 11 is 0. The molecule has 3 unspecified atom stereocenters. The normalized spacial score (nSPS) is 14.3. The van der Waals surface area contributed by atoms with Gasteiger partial charge < -0.3 is 48.4 Å². The van der Waals surface area contributed by atoms with Crippen molar-refractivity contribution in [3.8, 4) is 0 Å². The zero-order valence-corrected chi connectivity index (χ0v) is 26.4. The van der Waals surface area contributed by atoms with Crippen LogP contribution in [0.2, 0.25) is 0 Å². The summed E-state index contributed by atoms with van der Waals surface area (Å²) in [6.07, 6.45) is 7.29. The molecule has 0 radical (unpaired) electrons. The summed E-state index contributed by atoms with van der Waals surface area (Å²) in [6.45, 7) is 10.5. The van der Waals surface area contributed by atoms with Crippen LogP contribution in [0.3, 0.4) is 0 Å². The van der Waals surface area contributed by atoms with Crippen LogP contribution in [0.1, 0.15) is 98.3 Å². The maximum absolute atomic E-state index is 13.1. The number of nitrogens with two attached hydrogens (primary N) is 4. The minimum Gasteiger partial charge on any atom is -0.379 e. The zero-order valence-electron chi connectivity index (χ0n) is 26.4. The first-order valence-corrected chi connectivity index (χ1v) is 15.2. The third kappa shape index (κ3) is 19.8. The van der Waals surface area contributed by atoms with Gasteiger partial charge in [-0.3, -0.25) is 14.4 Å². The summed E-state index contributed by atoms with van der Waals surface area (Å²) in [5, 5.41) is 8.61. The van der Waals surface area contributed by atoms with Gasteiger partial charge in [0.15, 0.2) is 0 Å². The quantitative estimate of drug-likeness (QED) is 0.0752. The van der Waals surface area contributed by atoms with Crippen LogP contribution in [0.4, 0.5) is 0 Å². The first kappa shape index (κ1) is 39.2. The second-order valence-corrected chi connectivity index (χ2v) is 12.0. The highest BCUT2D eigenvalue weighted by Crippen LogP contribution is 2.18. The number of hydrogen-bond acceptors (Lipinski definition) is 9. The number of rotatable bonds is 25. The highest BCUT2D eigenvalue weighted by molar-refractivity contribution is 5.89. The van der Waals surface area contributed by atoms with Crippen LogP contribution in [-0.4, -0.2) is 86.9 Å². The fraction of sp³-hybridized carbons (Fsp3) is 0.897. The number of amides is 3. The van der Waals surface area contributed by atoms with E-state index in [1.54, 1.807) is 7.11 Å². The highest BCUT2D eigenvalue weighted by Gasteiger charge is 2.25. The fourth-order valence-corrected chi connectivity index (χ4v) is 4.00. The van der Waals surface area contributed by atoms with Crippen molar-refractivity contribution in [2.75, 3.05) is 39.9 Å². The van der Waals surface area contributed by atoms with Crippen molar-refractivity contribution in [3.63, 3.8) is 0 Å². The van der Waals surface area contributed by atoms with E-state index in [0.717, 1.165) is 32.1 Å². The van der Waals surface area contributed by atoms with Crippen molar-refractivity contribution in [2.24, 2.45) is 22.9 Å². The SMILES string of the molecule is COC(C)(C)CCOC(C)(C)CCNC(=O)C(CCCCNC(=O)C(N)CCCCN)NC(=O)C(N)CCCCN. The number of carbonyl (C=O) groups excluding carboxylic acids is 3. The van der Waals surface area contributed by atoms with Gasteiger partial charge in [-0.25, -0.2) is 0 Å². The Balaban J connectivity index is 4.84. The van der Waals surface area contributed by atoms with E-state index in [0.29, 0.717) is 71.3 Å². The van der Waals surface area contributed by atoms with Crippen molar-refractivity contribution >= 4 is 17.7 Å². The average Bonchev–Trinajstić information content (AvgIpc) is 2.91. The van der Waals surface area contributed by atoms with Gasteiger partial charge in [-0.15, -0.1) is 0 Å². The van der Waals surface area contributed by atoms with Crippen LogP contribution in [0.5, 0.6) is 0 Å². The van der Waals surface area contributed by atoms with Gasteiger partial charge in [0.1, 0.15) is 6.04 Å².